The minimum Gasteiger partial charge on any atom is -0.396 e. The second kappa shape index (κ2) is 3.42. The van der Waals surface area contributed by atoms with E-state index in [1.165, 1.54) is 4.90 Å². The number of carbonyl (C=O) groups is 2. The number of imide groups is 1. The van der Waals surface area contributed by atoms with E-state index in [1.54, 1.807) is 0 Å². The smallest absolute Gasteiger partial charge is 0.233 e. The molecule has 2 aliphatic carbocycles. The molecule has 1 saturated carbocycles. The van der Waals surface area contributed by atoms with Crippen LogP contribution in [0.1, 0.15) is 12.8 Å². The topological polar surface area (TPSA) is 57.6 Å². The Labute approximate surface area is 93.9 Å². The lowest BCUT2D eigenvalue weighted by atomic mass is 9.85. The number of carbonyl (C=O) groups excluding carboxylic acids is 2. The summed E-state index contributed by atoms with van der Waals surface area (Å²) in [6.07, 6.45) is 5.64. The minimum atomic E-state index is -0.0961. The van der Waals surface area contributed by atoms with Crippen LogP contribution >= 0.6 is 0 Å². The first-order chi connectivity index (χ1) is 7.74. The predicted octanol–water partition coefficient (Wildman–Crippen LogP) is 0.176. The molecule has 0 aromatic rings. The van der Waals surface area contributed by atoms with E-state index in [-0.39, 0.29) is 42.1 Å². The third kappa shape index (κ3) is 1.13. The summed E-state index contributed by atoms with van der Waals surface area (Å²) in [5, 5.41) is 8.76. The molecule has 2 amide bonds. The molecular weight excluding hydrogens is 206 g/mol. The Bertz CT molecular complexity index is 346. The van der Waals surface area contributed by atoms with E-state index in [0.29, 0.717) is 13.0 Å². The van der Waals surface area contributed by atoms with Gasteiger partial charge in [0.25, 0.3) is 0 Å². The molecule has 4 atom stereocenters. The zero-order chi connectivity index (χ0) is 11.3. The molecule has 4 heteroatoms. The van der Waals surface area contributed by atoms with Crippen molar-refractivity contribution >= 4 is 11.8 Å². The van der Waals surface area contributed by atoms with E-state index >= 15 is 0 Å². The number of hydrogen-bond acceptors (Lipinski definition) is 3. The van der Waals surface area contributed by atoms with Crippen LogP contribution in [0.25, 0.3) is 0 Å². The van der Waals surface area contributed by atoms with Gasteiger partial charge in [0, 0.05) is 13.2 Å². The number of aliphatic hydroxyl groups excluding tert-OH is 1. The number of likely N-dealkylation sites (tertiary alicyclic amines) is 1. The van der Waals surface area contributed by atoms with E-state index in [1.807, 2.05) is 0 Å². The maximum absolute atomic E-state index is 12.1. The summed E-state index contributed by atoms with van der Waals surface area (Å²) in [7, 11) is 0. The second-order valence-corrected chi connectivity index (χ2v) is 4.91. The third-order valence-corrected chi connectivity index (χ3v) is 4.10. The highest BCUT2D eigenvalue weighted by atomic mass is 16.3. The van der Waals surface area contributed by atoms with Crippen molar-refractivity contribution in [2.24, 2.45) is 23.7 Å². The van der Waals surface area contributed by atoms with Crippen molar-refractivity contribution < 1.29 is 14.7 Å². The first kappa shape index (κ1) is 10.0. The summed E-state index contributed by atoms with van der Waals surface area (Å²) in [6.45, 7) is 0.401. The van der Waals surface area contributed by atoms with Gasteiger partial charge < -0.3 is 5.11 Å². The fourth-order valence-electron chi connectivity index (χ4n) is 3.41. The van der Waals surface area contributed by atoms with Gasteiger partial charge in [0.15, 0.2) is 0 Å². The molecular formula is C12H15NO3. The SMILES string of the molecule is O=C1[C@@H]2[C@H](C(=O)N1CCCO)[C@@H]1C=C[C@H]2C1. The molecule has 86 valence electrons. The highest BCUT2D eigenvalue weighted by molar-refractivity contribution is 6.06. The van der Waals surface area contributed by atoms with E-state index in [0.717, 1.165) is 6.42 Å². The number of nitrogens with zero attached hydrogens (tertiary/aromatic N) is 1. The molecule has 1 saturated heterocycles. The van der Waals surface area contributed by atoms with E-state index in [4.69, 9.17) is 5.11 Å². The number of hydrogen-bond donors (Lipinski definition) is 1. The Kier molecular flexibility index (Phi) is 2.14. The van der Waals surface area contributed by atoms with Gasteiger partial charge >= 0.3 is 0 Å². The van der Waals surface area contributed by atoms with Gasteiger partial charge in [-0.05, 0) is 24.7 Å². The Morgan fingerprint density at radius 3 is 2.25 bits per heavy atom. The highest BCUT2D eigenvalue weighted by Crippen LogP contribution is 2.52. The lowest BCUT2D eigenvalue weighted by Crippen LogP contribution is -2.34. The molecule has 0 radical (unpaired) electrons. The number of allylic oxidation sites excluding steroid dienone is 2. The van der Waals surface area contributed by atoms with Crippen molar-refractivity contribution in [2.75, 3.05) is 13.2 Å². The second-order valence-electron chi connectivity index (χ2n) is 4.91. The third-order valence-electron chi connectivity index (χ3n) is 4.10. The van der Waals surface area contributed by atoms with Crippen LogP contribution in [0.5, 0.6) is 0 Å². The predicted molar refractivity (Wildman–Crippen MR) is 56.1 cm³/mol. The minimum absolute atomic E-state index is 0.0136. The van der Waals surface area contributed by atoms with E-state index in [9.17, 15) is 9.59 Å². The fraction of sp³-hybridized carbons (Fsp3) is 0.667. The van der Waals surface area contributed by atoms with Crippen LogP contribution in [0.15, 0.2) is 12.2 Å². The monoisotopic (exact) mass is 221 g/mol. The molecule has 3 rings (SSSR count). The summed E-state index contributed by atoms with van der Waals surface area (Å²) < 4.78 is 0. The van der Waals surface area contributed by atoms with Crippen molar-refractivity contribution in [1.82, 2.24) is 4.90 Å². The Hall–Kier alpha value is -1.16. The molecule has 1 heterocycles. The quantitative estimate of drug-likeness (QED) is 0.546. The van der Waals surface area contributed by atoms with Gasteiger partial charge in [0.2, 0.25) is 11.8 Å². The van der Waals surface area contributed by atoms with Crippen LogP contribution in [0.3, 0.4) is 0 Å². The van der Waals surface area contributed by atoms with Crippen LogP contribution in [-0.2, 0) is 9.59 Å². The average molecular weight is 221 g/mol. The molecule has 0 aromatic heterocycles. The van der Waals surface area contributed by atoms with Crippen LogP contribution in [0, 0.1) is 23.7 Å². The van der Waals surface area contributed by atoms with Gasteiger partial charge in [0.05, 0.1) is 11.8 Å². The highest BCUT2D eigenvalue weighted by Gasteiger charge is 2.58. The molecule has 4 nitrogen and oxygen atoms in total. The fourth-order valence-corrected chi connectivity index (χ4v) is 3.41. The molecule has 16 heavy (non-hydrogen) atoms. The number of aliphatic hydroxyl groups is 1. The normalized spacial score (nSPS) is 39.9. The van der Waals surface area contributed by atoms with Gasteiger partial charge in [-0.15, -0.1) is 0 Å². The number of rotatable bonds is 3. The van der Waals surface area contributed by atoms with Gasteiger partial charge in [-0.25, -0.2) is 0 Å². The standard InChI is InChI=1S/C12H15NO3/c14-5-1-4-13-11(15)9-7-2-3-8(6-7)10(9)12(13)16/h2-3,7-10,14H,1,4-6H2/t7-,8+,9-,10+. The first-order valence-corrected chi connectivity index (χ1v) is 5.88. The lowest BCUT2D eigenvalue weighted by molar-refractivity contribution is -0.140. The zero-order valence-corrected chi connectivity index (χ0v) is 9.00. The lowest BCUT2D eigenvalue weighted by Gasteiger charge is -2.16. The van der Waals surface area contributed by atoms with Crippen molar-refractivity contribution in [3.05, 3.63) is 12.2 Å². The van der Waals surface area contributed by atoms with Crippen molar-refractivity contribution in [2.45, 2.75) is 12.8 Å². The molecule has 1 aliphatic heterocycles. The zero-order valence-electron chi connectivity index (χ0n) is 9.00. The maximum atomic E-state index is 12.1. The van der Waals surface area contributed by atoms with Crippen molar-refractivity contribution in [1.29, 1.82) is 0 Å². The summed E-state index contributed by atoms with van der Waals surface area (Å²) in [5.41, 5.74) is 0. The van der Waals surface area contributed by atoms with Crippen LogP contribution in [0.2, 0.25) is 0 Å². The van der Waals surface area contributed by atoms with Crippen molar-refractivity contribution in [3.63, 3.8) is 0 Å². The summed E-state index contributed by atoms with van der Waals surface area (Å²) in [5.74, 6) is 0.346. The Morgan fingerprint density at radius 2 is 1.75 bits per heavy atom. The van der Waals surface area contributed by atoms with E-state index in [2.05, 4.69) is 12.2 Å². The molecule has 0 unspecified atom stereocenters. The number of amides is 2. The molecule has 3 aliphatic rings. The Balaban J connectivity index is 1.83. The molecule has 1 N–H and O–H groups in total. The molecule has 2 fully saturated rings. The van der Waals surface area contributed by atoms with E-state index < -0.39 is 0 Å². The largest absolute Gasteiger partial charge is 0.396 e. The van der Waals surface area contributed by atoms with Gasteiger partial charge in [-0.2, -0.15) is 0 Å². The molecule has 0 aromatic carbocycles. The van der Waals surface area contributed by atoms with Crippen LogP contribution < -0.4 is 0 Å². The van der Waals surface area contributed by atoms with Crippen LogP contribution in [-0.4, -0.2) is 35.0 Å². The summed E-state index contributed by atoms with van der Waals surface area (Å²) >= 11 is 0. The molecule has 2 bridgehead atoms. The first-order valence-electron chi connectivity index (χ1n) is 5.88. The maximum Gasteiger partial charge on any atom is 0.233 e. The van der Waals surface area contributed by atoms with Gasteiger partial charge in [0.1, 0.15) is 0 Å². The summed E-state index contributed by atoms with van der Waals surface area (Å²) in [4.78, 5) is 25.5. The van der Waals surface area contributed by atoms with Crippen molar-refractivity contribution in [3.8, 4) is 0 Å². The number of fused-ring (bicyclic) bond motifs is 5. The Morgan fingerprint density at radius 1 is 1.19 bits per heavy atom. The average Bonchev–Trinajstić information content (AvgIpc) is 2.92. The molecule has 0 spiro atoms. The van der Waals surface area contributed by atoms with Crippen LogP contribution in [0.4, 0.5) is 0 Å². The van der Waals surface area contributed by atoms with Gasteiger partial charge in [-0.3, -0.25) is 14.5 Å². The van der Waals surface area contributed by atoms with Gasteiger partial charge in [-0.1, -0.05) is 12.2 Å². The summed E-state index contributed by atoms with van der Waals surface area (Å²) in [6, 6.07) is 0.